The van der Waals surface area contributed by atoms with E-state index in [-0.39, 0.29) is 11.6 Å². The summed E-state index contributed by atoms with van der Waals surface area (Å²) >= 11 is 5.27. The van der Waals surface area contributed by atoms with Crippen molar-refractivity contribution in [1.82, 2.24) is 21.0 Å². The highest BCUT2D eigenvalue weighted by Crippen LogP contribution is 2.14. The largest absolute Gasteiger partial charge is 0.290 e. The van der Waals surface area contributed by atoms with E-state index in [4.69, 9.17) is 11.6 Å². The van der Waals surface area contributed by atoms with E-state index in [1.54, 1.807) is 18.2 Å². The highest BCUT2D eigenvalue weighted by molar-refractivity contribution is 6.27. The number of rotatable bonds is 2. The zero-order valence-corrected chi connectivity index (χ0v) is 9.41. The number of benzene rings is 1. The fourth-order valence-electron chi connectivity index (χ4n) is 1.36. The number of carbonyl (C=O) groups is 2. The third-order valence-electron chi connectivity index (χ3n) is 2.12. The number of carbonyl (C=O) groups excluding carboxylic acids is 2. The van der Waals surface area contributed by atoms with Gasteiger partial charge in [-0.25, -0.2) is 0 Å². The number of hydrogen-bond acceptors (Lipinski definition) is 3. The first-order valence-electron chi connectivity index (χ1n) is 4.80. The van der Waals surface area contributed by atoms with Crippen molar-refractivity contribution in [1.29, 1.82) is 0 Å². The number of para-hydroxylation sites is 1. The fourth-order valence-corrected chi connectivity index (χ4v) is 1.42. The number of alkyl halides is 1. The second-order valence-electron chi connectivity index (χ2n) is 3.25. The second kappa shape index (κ2) is 4.84. The van der Waals surface area contributed by atoms with Gasteiger partial charge in [0.15, 0.2) is 5.69 Å². The molecule has 1 aromatic carbocycles. The lowest BCUT2D eigenvalue weighted by Gasteiger charge is -2.03. The van der Waals surface area contributed by atoms with Crippen LogP contribution in [0, 0.1) is 0 Å². The van der Waals surface area contributed by atoms with E-state index in [1.165, 1.54) is 0 Å². The SMILES string of the molecule is O=C(CCl)NNC(=O)c1n[nH]c2ccccc12. The Bertz CT molecular complexity index is 566. The molecule has 17 heavy (non-hydrogen) atoms. The molecular formula is C10H9ClN4O2. The van der Waals surface area contributed by atoms with E-state index in [0.29, 0.717) is 5.39 Å². The number of halogens is 1. The van der Waals surface area contributed by atoms with E-state index >= 15 is 0 Å². The molecule has 0 atom stereocenters. The summed E-state index contributed by atoms with van der Waals surface area (Å²) in [5.74, 6) is -1.21. The van der Waals surface area contributed by atoms with Crippen molar-refractivity contribution in [2.45, 2.75) is 0 Å². The average molecular weight is 253 g/mol. The summed E-state index contributed by atoms with van der Waals surface area (Å²) in [6.07, 6.45) is 0. The number of fused-ring (bicyclic) bond motifs is 1. The molecule has 0 spiro atoms. The quantitative estimate of drug-likeness (QED) is 0.539. The maximum absolute atomic E-state index is 11.7. The van der Waals surface area contributed by atoms with Crippen molar-refractivity contribution < 1.29 is 9.59 Å². The average Bonchev–Trinajstić information content (AvgIpc) is 2.79. The predicted molar refractivity (Wildman–Crippen MR) is 62.4 cm³/mol. The number of nitrogens with one attached hydrogen (secondary N) is 3. The maximum atomic E-state index is 11.7. The van der Waals surface area contributed by atoms with Crippen LogP contribution < -0.4 is 10.9 Å². The van der Waals surface area contributed by atoms with Crippen LogP contribution in [0.5, 0.6) is 0 Å². The summed E-state index contributed by atoms with van der Waals surface area (Å²) in [6.45, 7) is 0. The van der Waals surface area contributed by atoms with Crippen molar-refractivity contribution in [3.05, 3.63) is 30.0 Å². The number of amides is 2. The van der Waals surface area contributed by atoms with E-state index in [1.807, 2.05) is 6.07 Å². The Labute approximate surface area is 101 Å². The van der Waals surface area contributed by atoms with E-state index in [9.17, 15) is 9.59 Å². The number of hydrogen-bond donors (Lipinski definition) is 3. The first-order chi connectivity index (χ1) is 8.22. The van der Waals surface area contributed by atoms with Gasteiger partial charge in [-0.2, -0.15) is 5.10 Å². The number of hydrazine groups is 1. The smallest absolute Gasteiger partial charge is 0.277 e. The lowest BCUT2D eigenvalue weighted by Crippen LogP contribution is -2.42. The van der Waals surface area contributed by atoms with Crippen LogP contribution >= 0.6 is 11.6 Å². The predicted octanol–water partition coefficient (Wildman–Crippen LogP) is 0.563. The summed E-state index contributed by atoms with van der Waals surface area (Å²) in [5, 5.41) is 7.28. The van der Waals surface area contributed by atoms with Gasteiger partial charge >= 0.3 is 0 Å². The van der Waals surface area contributed by atoms with Gasteiger partial charge in [-0.15, -0.1) is 11.6 Å². The Morgan fingerprint density at radius 1 is 1.29 bits per heavy atom. The minimum atomic E-state index is -0.499. The van der Waals surface area contributed by atoms with E-state index < -0.39 is 11.8 Å². The Morgan fingerprint density at radius 2 is 2.06 bits per heavy atom. The third-order valence-corrected chi connectivity index (χ3v) is 2.36. The number of aromatic amines is 1. The van der Waals surface area contributed by atoms with Gasteiger partial charge in [0, 0.05) is 5.39 Å². The van der Waals surface area contributed by atoms with Crippen molar-refractivity contribution in [3.63, 3.8) is 0 Å². The van der Waals surface area contributed by atoms with Crippen LogP contribution in [0.1, 0.15) is 10.5 Å². The molecule has 7 heteroatoms. The van der Waals surface area contributed by atoms with Crippen molar-refractivity contribution in [3.8, 4) is 0 Å². The molecule has 1 aromatic heterocycles. The Balaban J connectivity index is 2.17. The molecule has 1 heterocycles. The van der Waals surface area contributed by atoms with Gasteiger partial charge in [-0.05, 0) is 6.07 Å². The fraction of sp³-hybridized carbons (Fsp3) is 0.100. The van der Waals surface area contributed by atoms with Crippen molar-refractivity contribution >= 4 is 34.3 Å². The van der Waals surface area contributed by atoms with Crippen molar-refractivity contribution in [2.24, 2.45) is 0 Å². The highest BCUT2D eigenvalue weighted by Gasteiger charge is 2.13. The van der Waals surface area contributed by atoms with Crippen LogP contribution in [0.15, 0.2) is 24.3 Å². The highest BCUT2D eigenvalue weighted by atomic mass is 35.5. The first kappa shape index (κ1) is 11.4. The minimum Gasteiger partial charge on any atom is -0.277 e. The molecule has 88 valence electrons. The van der Waals surface area contributed by atoms with Gasteiger partial charge < -0.3 is 0 Å². The van der Waals surface area contributed by atoms with Gasteiger partial charge in [0.05, 0.1) is 5.52 Å². The summed E-state index contributed by atoms with van der Waals surface area (Å²) in [6, 6.07) is 7.19. The summed E-state index contributed by atoms with van der Waals surface area (Å²) in [4.78, 5) is 22.6. The van der Waals surface area contributed by atoms with E-state index in [0.717, 1.165) is 5.52 Å². The Kier molecular flexibility index (Phi) is 3.24. The van der Waals surface area contributed by atoms with Crippen molar-refractivity contribution in [2.75, 3.05) is 5.88 Å². The Morgan fingerprint density at radius 3 is 2.82 bits per heavy atom. The Hall–Kier alpha value is -2.08. The number of nitrogens with zero attached hydrogens (tertiary/aromatic N) is 1. The summed E-state index contributed by atoms with van der Waals surface area (Å²) < 4.78 is 0. The van der Waals surface area contributed by atoms with Crippen LogP contribution in [-0.2, 0) is 4.79 Å². The van der Waals surface area contributed by atoms with E-state index in [2.05, 4.69) is 21.0 Å². The molecule has 0 aliphatic heterocycles. The summed E-state index contributed by atoms with van der Waals surface area (Å²) in [7, 11) is 0. The first-order valence-corrected chi connectivity index (χ1v) is 5.34. The van der Waals surface area contributed by atoms with Gasteiger partial charge in [0.1, 0.15) is 5.88 Å². The molecule has 0 unspecified atom stereocenters. The molecule has 3 N–H and O–H groups in total. The summed E-state index contributed by atoms with van der Waals surface area (Å²) in [5.41, 5.74) is 5.35. The number of aromatic nitrogens is 2. The third kappa shape index (κ3) is 2.36. The monoisotopic (exact) mass is 252 g/mol. The molecule has 0 radical (unpaired) electrons. The topological polar surface area (TPSA) is 86.9 Å². The number of H-pyrrole nitrogens is 1. The molecule has 2 amide bonds. The lowest BCUT2D eigenvalue weighted by atomic mass is 10.2. The zero-order valence-electron chi connectivity index (χ0n) is 8.66. The normalized spacial score (nSPS) is 10.2. The molecule has 0 saturated heterocycles. The lowest BCUT2D eigenvalue weighted by molar-refractivity contribution is -0.119. The van der Waals surface area contributed by atoms with Crippen LogP contribution in [0.25, 0.3) is 10.9 Å². The maximum Gasteiger partial charge on any atom is 0.290 e. The molecule has 2 aromatic rings. The molecular weight excluding hydrogens is 244 g/mol. The minimum absolute atomic E-state index is 0.218. The molecule has 6 nitrogen and oxygen atoms in total. The molecule has 0 fully saturated rings. The zero-order chi connectivity index (χ0) is 12.3. The van der Waals surface area contributed by atoms with Crippen LogP contribution in [0.3, 0.4) is 0 Å². The van der Waals surface area contributed by atoms with Crippen LogP contribution in [0.4, 0.5) is 0 Å². The van der Waals surface area contributed by atoms with Gasteiger partial charge in [0.2, 0.25) is 0 Å². The van der Waals surface area contributed by atoms with Gasteiger partial charge in [-0.1, -0.05) is 18.2 Å². The van der Waals surface area contributed by atoms with Crippen LogP contribution in [-0.4, -0.2) is 27.9 Å². The molecule has 0 bridgehead atoms. The molecule has 0 aliphatic rings. The molecule has 2 rings (SSSR count). The van der Waals surface area contributed by atoms with Gasteiger partial charge in [-0.3, -0.25) is 25.5 Å². The van der Waals surface area contributed by atoms with Crippen LogP contribution in [0.2, 0.25) is 0 Å². The standard InChI is InChI=1S/C10H9ClN4O2/c11-5-8(16)13-15-10(17)9-6-3-1-2-4-7(6)12-14-9/h1-4H,5H2,(H,12,14)(H,13,16)(H,15,17). The molecule has 0 saturated carbocycles. The van der Waals surface area contributed by atoms with Gasteiger partial charge in [0.25, 0.3) is 11.8 Å². The second-order valence-corrected chi connectivity index (χ2v) is 3.52. The molecule has 0 aliphatic carbocycles.